The van der Waals surface area contributed by atoms with Crippen molar-refractivity contribution in [2.24, 2.45) is 0 Å². The largest absolute Gasteiger partial charge is 0.495 e. The quantitative estimate of drug-likeness (QED) is 0.379. The van der Waals surface area contributed by atoms with E-state index in [4.69, 9.17) is 18.9 Å². The molecule has 3 aromatic carbocycles. The molecular formula is C32H34N4O7. The fourth-order valence-corrected chi connectivity index (χ4v) is 5.81. The van der Waals surface area contributed by atoms with E-state index in [1.54, 1.807) is 48.3 Å². The number of benzene rings is 3. The summed E-state index contributed by atoms with van der Waals surface area (Å²) in [4.78, 5) is 40.7. The normalized spacial score (nSPS) is 20.8. The predicted octanol–water partition coefficient (Wildman–Crippen LogP) is 4.78. The number of anilines is 3. The van der Waals surface area contributed by atoms with Gasteiger partial charge in [-0.1, -0.05) is 18.2 Å². The lowest BCUT2D eigenvalue weighted by molar-refractivity contribution is -0.130. The summed E-state index contributed by atoms with van der Waals surface area (Å²) in [5.41, 5.74) is 4.28. The summed E-state index contributed by atoms with van der Waals surface area (Å²) >= 11 is 0. The molecule has 1 saturated heterocycles. The number of hydrogen-bond acceptors (Lipinski definition) is 7. The van der Waals surface area contributed by atoms with Crippen molar-refractivity contribution in [3.05, 3.63) is 77.4 Å². The van der Waals surface area contributed by atoms with Gasteiger partial charge in [0.2, 0.25) is 5.91 Å². The molecule has 0 saturated carbocycles. The van der Waals surface area contributed by atoms with Gasteiger partial charge in [0, 0.05) is 18.4 Å². The zero-order valence-electron chi connectivity index (χ0n) is 24.1. The Balaban J connectivity index is 1.08. The van der Waals surface area contributed by atoms with Crippen LogP contribution in [0.1, 0.15) is 40.7 Å². The topological polar surface area (TPSA) is 127 Å². The number of nitrogens with one attached hydrogen (secondary N) is 3. The van der Waals surface area contributed by atoms with Crippen LogP contribution in [-0.2, 0) is 27.5 Å². The summed E-state index contributed by atoms with van der Waals surface area (Å²) in [6.45, 7) is 1.38. The molecule has 0 spiro atoms. The molecule has 3 heterocycles. The van der Waals surface area contributed by atoms with Gasteiger partial charge in [-0.15, -0.1) is 0 Å². The van der Waals surface area contributed by atoms with Crippen molar-refractivity contribution >= 4 is 34.9 Å². The molecule has 43 heavy (non-hydrogen) atoms. The van der Waals surface area contributed by atoms with Crippen LogP contribution in [0.3, 0.4) is 0 Å². The number of hydrogen-bond donors (Lipinski definition) is 3. The molecule has 6 rings (SSSR count). The molecule has 3 aromatic rings. The van der Waals surface area contributed by atoms with Gasteiger partial charge in [0.25, 0.3) is 5.91 Å². The highest BCUT2D eigenvalue weighted by molar-refractivity contribution is 6.03. The lowest BCUT2D eigenvalue weighted by Gasteiger charge is -2.42. The highest BCUT2D eigenvalue weighted by Gasteiger charge is 2.39. The predicted molar refractivity (Wildman–Crippen MR) is 160 cm³/mol. The number of rotatable bonds is 6. The number of methoxy groups -OCH3 is 1. The van der Waals surface area contributed by atoms with E-state index in [1.807, 2.05) is 24.3 Å². The van der Waals surface area contributed by atoms with Gasteiger partial charge in [-0.25, -0.2) is 4.79 Å². The molecule has 3 aliphatic heterocycles. The minimum absolute atomic E-state index is 0.126. The second-order valence-electron chi connectivity index (χ2n) is 10.9. The zero-order chi connectivity index (χ0) is 29.9. The maximum atomic E-state index is 13.6. The molecule has 1 fully saturated rings. The molecule has 0 aliphatic carbocycles. The van der Waals surface area contributed by atoms with E-state index in [0.717, 1.165) is 16.8 Å². The average molecular weight is 587 g/mol. The molecular weight excluding hydrogens is 552 g/mol. The molecule has 0 bridgehead atoms. The van der Waals surface area contributed by atoms with Crippen LogP contribution < -0.4 is 25.4 Å². The smallest absolute Gasteiger partial charge is 0.323 e. The minimum Gasteiger partial charge on any atom is -0.495 e. The van der Waals surface area contributed by atoms with Crippen LogP contribution >= 0.6 is 0 Å². The maximum absolute atomic E-state index is 13.6. The highest BCUT2D eigenvalue weighted by Crippen LogP contribution is 2.33. The van der Waals surface area contributed by atoms with Gasteiger partial charge in [0.05, 0.1) is 50.1 Å². The van der Waals surface area contributed by atoms with Crippen LogP contribution in [0.25, 0.3) is 0 Å². The second-order valence-corrected chi connectivity index (χ2v) is 10.9. The van der Waals surface area contributed by atoms with Gasteiger partial charge in [-0.05, 0) is 66.4 Å². The van der Waals surface area contributed by atoms with Crippen LogP contribution in [0.15, 0.2) is 60.7 Å². The van der Waals surface area contributed by atoms with Crippen LogP contribution in [0.2, 0.25) is 0 Å². The first kappa shape index (κ1) is 28.5. The zero-order valence-corrected chi connectivity index (χ0v) is 24.1. The average Bonchev–Trinajstić information content (AvgIpc) is 3.47. The van der Waals surface area contributed by atoms with E-state index >= 15 is 0 Å². The van der Waals surface area contributed by atoms with Crippen LogP contribution in [0.5, 0.6) is 11.5 Å². The van der Waals surface area contributed by atoms with Gasteiger partial charge in [0.15, 0.2) is 0 Å². The second kappa shape index (κ2) is 12.3. The Morgan fingerprint density at radius 2 is 1.74 bits per heavy atom. The summed E-state index contributed by atoms with van der Waals surface area (Å²) in [5.74, 6) is 0.565. The Morgan fingerprint density at radius 1 is 0.953 bits per heavy atom. The molecule has 11 heteroatoms. The van der Waals surface area contributed by atoms with Crippen molar-refractivity contribution in [1.29, 1.82) is 0 Å². The Hall–Kier alpha value is -4.61. The molecule has 11 nitrogen and oxygen atoms in total. The van der Waals surface area contributed by atoms with Crippen molar-refractivity contribution in [3.8, 4) is 11.5 Å². The summed E-state index contributed by atoms with van der Waals surface area (Å²) in [6, 6.07) is 17.1. The van der Waals surface area contributed by atoms with Crippen LogP contribution in [0, 0.1) is 0 Å². The lowest BCUT2D eigenvalue weighted by Crippen LogP contribution is -2.53. The van der Waals surface area contributed by atoms with Crippen LogP contribution in [0.4, 0.5) is 21.9 Å². The van der Waals surface area contributed by atoms with E-state index in [2.05, 4.69) is 16.0 Å². The Bertz CT molecular complexity index is 1540. The molecule has 3 aliphatic rings. The lowest BCUT2D eigenvalue weighted by atomic mass is 9.94. The summed E-state index contributed by atoms with van der Waals surface area (Å²) in [6.07, 6.45) is 0.811. The van der Waals surface area contributed by atoms with Crippen molar-refractivity contribution in [3.63, 3.8) is 0 Å². The van der Waals surface area contributed by atoms with Crippen molar-refractivity contribution < 1.29 is 33.3 Å². The molecule has 0 aromatic heterocycles. The minimum atomic E-state index is -0.474. The van der Waals surface area contributed by atoms with Crippen molar-refractivity contribution in [2.45, 2.75) is 50.7 Å². The first-order chi connectivity index (χ1) is 20.9. The van der Waals surface area contributed by atoms with E-state index in [9.17, 15) is 14.4 Å². The molecule has 3 N–H and O–H groups in total. The SMILES string of the molecule is COc1ccccc1NC(=O)Nc1ccc2c(c1)C(=O)N(C)[C@H]1CC[C@H](CC(=O)Nc3ccc4c(c3)COC4)O[C@@H]1CO2. The number of para-hydroxylation sites is 2. The van der Waals surface area contributed by atoms with E-state index < -0.39 is 12.1 Å². The summed E-state index contributed by atoms with van der Waals surface area (Å²) in [7, 11) is 3.28. The fraction of sp³-hybridized carbons (Fsp3) is 0.344. The third kappa shape index (κ3) is 6.27. The Kier molecular flexibility index (Phi) is 8.17. The van der Waals surface area contributed by atoms with Crippen molar-refractivity contribution in [1.82, 2.24) is 4.90 Å². The standard InChI is InChI=1S/C32H34N4O7/c1-36-26-11-10-23(15-30(37)33-21-8-7-19-16-41-17-20(19)13-21)43-29(26)18-42-27-12-9-22(14-24(27)31(36)38)34-32(39)35-25-5-3-4-6-28(25)40-2/h3-9,12-14,23,26,29H,10-11,15-18H2,1-2H3,(H,33,37)(H2,34,35,39)/t23-,26+,29-/m1/s1. The maximum Gasteiger partial charge on any atom is 0.323 e. The number of carbonyl (C=O) groups is 3. The van der Waals surface area contributed by atoms with E-state index in [1.165, 1.54) is 7.11 Å². The third-order valence-corrected chi connectivity index (χ3v) is 8.04. The fourth-order valence-electron chi connectivity index (χ4n) is 5.81. The third-order valence-electron chi connectivity index (χ3n) is 8.04. The first-order valence-corrected chi connectivity index (χ1v) is 14.3. The number of carbonyl (C=O) groups excluding carboxylic acids is 3. The number of urea groups is 1. The van der Waals surface area contributed by atoms with Crippen LogP contribution in [-0.4, -0.2) is 61.8 Å². The van der Waals surface area contributed by atoms with Gasteiger partial charge < -0.3 is 39.8 Å². The van der Waals surface area contributed by atoms with Gasteiger partial charge in [0.1, 0.15) is 24.2 Å². The number of likely N-dealkylation sites (N-methyl/N-ethyl adjacent to an activating group) is 1. The number of ether oxygens (including phenoxy) is 4. The molecule has 0 radical (unpaired) electrons. The monoisotopic (exact) mass is 586 g/mol. The molecule has 224 valence electrons. The van der Waals surface area contributed by atoms with E-state index in [0.29, 0.717) is 54.5 Å². The number of fused-ring (bicyclic) bond motifs is 3. The molecule has 3 atom stereocenters. The molecule has 4 amide bonds. The highest BCUT2D eigenvalue weighted by atomic mass is 16.5. The van der Waals surface area contributed by atoms with Crippen molar-refractivity contribution in [2.75, 3.05) is 36.7 Å². The van der Waals surface area contributed by atoms with Gasteiger partial charge in [-0.2, -0.15) is 0 Å². The summed E-state index contributed by atoms with van der Waals surface area (Å²) in [5, 5.41) is 8.50. The Morgan fingerprint density at radius 3 is 2.60 bits per heavy atom. The number of nitrogens with zero attached hydrogens (tertiary/aromatic N) is 1. The van der Waals surface area contributed by atoms with Gasteiger partial charge >= 0.3 is 6.03 Å². The van der Waals surface area contributed by atoms with E-state index in [-0.39, 0.29) is 37.0 Å². The number of amides is 4. The molecule has 0 unspecified atom stereocenters. The summed E-state index contributed by atoms with van der Waals surface area (Å²) < 4.78 is 23.1. The first-order valence-electron chi connectivity index (χ1n) is 14.3. The Labute approximate surface area is 249 Å². The van der Waals surface area contributed by atoms with Gasteiger partial charge in [-0.3, -0.25) is 9.59 Å².